The van der Waals surface area contributed by atoms with Gasteiger partial charge in [-0.3, -0.25) is 4.79 Å². The highest BCUT2D eigenvalue weighted by molar-refractivity contribution is 7.99. The van der Waals surface area contributed by atoms with E-state index in [0.717, 1.165) is 26.4 Å². The Morgan fingerprint density at radius 3 is 2.79 bits per heavy atom. The lowest BCUT2D eigenvalue weighted by atomic mass is 10.1. The first-order valence-corrected chi connectivity index (χ1v) is 10.4. The molecule has 28 heavy (non-hydrogen) atoms. The quantitative estimate of drug-likeness (QED) is 0.468. The van der Waals surface area contributed by atoms with Crippen molar-refractivity contribution >= 4 is 50.8 Å². The van der Waals surface area contributed by atoms with Gasteiger partial charge in [0.15, 0.2) is 5.16 Å². The third-order valence-corrected chi connectivity index (χ3v) is 6.38. The Hall–Kier alpha value is -2.49. The lowest BCUT2D eigenvalue weighted by Crippen LogP contribution is -2.12. The van der Waals surface area contributed by atoms with Crippen molar-refractivity contribution < 1.29 is 4.79 Å². The number of thiophene rings is 1. The van der Waals surface area contributed by atoms with Crippen molar-refractivity contribution in [3.8, 4) is 11.1 Å². The van der Waals surface area contributed by atoms with E-state index in [2.05, 4.69) is 25.5 Å². The number of halogens is 1. The molecule has 0 aliphatic heterocycles. The average molecular weight is 431 g/mol. The average Bonchev–Trinajstić information content (AvgIpc) is 3.26. The van der Waals surface area contributed by atoms with Gasteiger partial charge in [0.2, 0.25) is 5.91 Å². The summed E-state index contributed by atoms with van der Waals surface area (Å²) in [6.07, 6.45) is 2.24. The number of aromatic nitrogens is 5. The van der Waals surface area contributed by atoms with Crippen LogP contribution in [0.2, 0.25) is 5.02 Å². The largest absolute Gasteiger partial charge is 0.370 e. The van der Waals surface area contributed by atoms with Gasteiger partial charge in [0.25, 0.3) is 0 Å². The van der Waals surface area contributed by atoms with E-state index in [1.165, 1.54) is 11.8 Å². The number of nitrogens with two attached hydrogens (primary N) is 1. The second-order valence-electron chi connectivity index (χ2n) is 6.04. The van der Waals surface area contributed by atoms with Crippen LogP contribution in [0.5, 0.6) is 0 Å². The number of amides is 1. The molecule has 0 radical (unpaired) electrons. The van der Waals surface area contributed by atoms with Crippen LogP contribution < -0.4 is 5.73 Å². The first-order valence-electron chi connectivity index (χ1n) is 8.35. The minimum atomic E-state index is -0.361. The molecule has 0 saturated heterocycles. The van der Waals surface area contributed by atoms with Gasteiger partial charge in [-0.05, 0) is 29.5 Å². The monoisotopic (exact) mass is 430 g/mol. The van der Waals surface area contributed by atoms with Crippen LogP contribution in [0.25, 0.3) is 21.3 Å². The van der Waals surface area contributed by atoms with Crippen LogP contribution in [0.3, 0.4) is 0 Å². The molecule has 0 unspecified atom stereocenters. The molecule has 3 heterocycles. The van der Waals surface area contributed by atoms with Crippen molar-refractivity contribution in [3.05, 3.63) is 46.8 Å². The lowest BCUT2D eigenvalue weighted by Gasteiger charge is -2.06. The first kappa shape index (κ1) is 18.9. The molecule has 4 rings (SSSR count). The van der Waals surface area contributed by atoms with Gasteiger partial charge in [0.05, 0.1) is 5.39 Å². The zero-order chi connectivity index (χ0) is 19.7. The van der Waals surface area contributed by atoms with E-state index in [-0.39, 0.29) is 12.3 Å². The number of rotatable bonds is 6. The highest BCUT2D eigenvalue weighted by Gasteiger charge is 2.17. The Morgan fingerprint density at radius 1 is 1.25 bits per heavy atom. The number of aryl methyl sites for hydroxylation is 1. The van der Waals surface area contributed by atoms with E-state index in [1.54, 1.807) is 17.7 Å². The van der Waals surface area contributed by atoms with E-state index >= 15 is 0 Å². The summed E-state index contributed by atoms with van der Waals surface area (Å²) in [7, 11) is 1.87. The number of hydrogen-bond donors (Lipinski definition) is 1. The molecule has 4 aromatic rings. The summed E-state index contributed by atoms with van der Waals surface area (Å²) in [4.78, 5) is 20.8. The molecule has 1 amide bonds. The predicted octanol–water partition coefficient (Wildman–Crippen LogP) is 3.71. The third-order valence-electron chi connectivity index (χ3n) is 4.20. The fourth-order valence-corrected chi connectivity index (χ4v) is 4.75. The molecule has 0 atom stereocenters. The number of benzene rings is 1. The smallest absolute Gasteiger partial charge is 0.217 e. The van der Waals surface area contributed by atoms with E-state index in [1.807, 2.05) is 35.9 Å². The Balaban J connectivity index is 1.71. The summed E-state index contributed by atoms with van der Waals surface area (Å²) in [6, 6.07) is 7.69. The predicted molar refractivity (Wildman–Crippen MR) is 111 cm³/mol. The Bertz CT molecular complexity index is 1150. The second-order valence-corrected chi connectivity index (χ2v) is 8.29. The van der Waals surface area contributed by atoms with Crippen molar-refractivity contribution in [2.45, 2.75) is 23.0 Å². The molecule has 0 fully saturated rings. The van der Waals surface area contributed by atoms with Crippen LogP contribution >= 0.6 is 34.7 Å². The summed E-state index contributed by atoms with van der Waals surface area (Å²) in [5.74, 6) is 0.343. The maximum absolute atomic E-state index is 11.0. The third kappa shape index (κ3) is 3.73. The van der Waals surface area contributed by atoms with Gasteiger partial charge in [-0.2, -0.15) is 0 Å². The fraction of sp³-hybridized carbons (Fsp3) is 0.167. The van der Waals surface area contributed by atoms with Crippen LogP contribution in [0.4, 0.5) is 0 Å². The van der Waals surface area contributed by atoms with Crippen molar-refractivity contribution in [3.63, 3.8) is 0 Å². The van der Waals surface area contributed by atoms with Crippen molar-refractivity contribution in [1.29, 1.82) is 0 Å². The summed E-state index contributed by atoms with van der Waals surface area (Å²) >= 11 is 9.01. The van der Waals surface area contributed by atoms with Crippen LogP contribution in [0.15, 0.2) is 46.2 Å². The topological polar surface area (TPSA) is 99.6 Å². The van der Waals surface area contributed by atoms with Crippen LogP contribution in [-0.2, 0) is 18.3 Å². The molecule has 10 heteroatoms. The molecule has 1 aromatic carbocycles. The standard InChI is InChI=1S/C18H15ClN6OS2/c1-25-14(7-6-13(20)26)23-24-18(25)28-17-15-12(8-27-16(15)21-9-22-17)10-2-4-11(19)5-3-10/h2-5,8-9H,6-7H2,1H3,(H2,20,26). The molecule has 0 aliphatic carbocycles. The Morgan fingerprint density at radius 2 is 2.04 bits per heavy atom. The summed E-state index contributed by atoms with van der Waals surface area (Å²) in [5, 5.41) is 13.6. The van der Waals surface area contributed by atoms with E-state index in [9.17, 15) is 4.79 Å². The minimum Gasteiger partial charge on any atom is -0.370 e. The molecule has 3 aromatic heterocycles. The molecular weight excluding hydrogens is 416 g/mol. The van der Waals surface area contributed by atoms with Gasteiger partial charge >= 0.3 is 0 Å². The van der Waals surface area contributed by atoms with Gasteiger partial charge in [-0.15, -0.1) is 21.5 Å². The highest BCUT2D eigenvalue weighted by Crippen LogP contribution is 2.39. The number of nitrogens with zero attached hydrogens (tertiary/aromatic N) is 5. The highest BCUT2D eigenvalue weighted by atomic mass is 35.5. The molecule has 7 nitrogen and oxygen atoms in total. The molecular formula is C18H15ClN6OS2. The lowest BCUT2D eigenvalue weighted by molar-refractivity contribution is -0.118. The first-order chi connectivity index (χ1) is 13.5. The molecule has 2 N–H and O–H groups in total. The van der Waals surface area contributed by atoms with Crippen molar-refractivity contribution in [1.82, 2.24) is 24.7 Å². The van der Waals surface area contributed by atoms with Crippen molar-refractivity contribution in [2.24, 2.45) is 12.8 Å². The van der Waals surface area contributed by atoms with Gasteiger partial charge in [0.1, 0.15) is 22.0 Å². The van der Waals surface area contributed by atoms with Gasteiger partial charge in [-0.1, -0.05) is 23.7 Å². The number of primary amides is 1. The van der Waals surface area contributed by atoms with E-state index in [4.69, 9.17) is 17.3 Å². The van der Waals surface area contributed by atoms with E-state index < -0.39 is 0 Å². The summed E-state index contributed by atoms with van der Waals surface area (Å²) < 4.78 is 1.86. The molecule has 0 aliphatic rings. The summed E-state index contributed by atoms with van der Waals surface area (Å²) in [5.41, 5.74) is 7.33. The second kappa shape index (κ2) is 7.86. The minimum absolute atomic E-state index is 0.236. The maximum atomic E-state index is 11.0. The molecule has 0 bridgehead atoms. The Kier molecular flexibility index (Phi) is 5.29. The zero-order valence-electron chi connectivity index (χ0n) is 14.8. The van der Waals surface area contributed by atoms with Crippen LogP contribution in [-0.4, -0.2) is 30.6 Å². The number of carbonyl (C=O) groups excluding carboxylic acids is 1. The normalized spacial score (nSPS) is 11.2. The van der Waals surface area contributed by atoms with Gasteiger partial charge in [-0.25, -0.2) is 9.97 Å². The number of hydrogen-bond acceptors (Lipinski definition) is 7. The van der Waals surface area contributed by atoms with Gasteiger partial charge < -0.3 is 10.3 Å². The number of fused-ring (bicyclic) bond motifs is 1. The van der Waals surface area contributed by atoms with Crippen molar-refractivity contribution in [2.75, 3.05) is 0 Å². The number of carbonyl (C=O) groups is 1. The van der Waals surface area contributed by atoms with E-state index in [0.29, 0.717) is 22.4 Å². The SMILES string of the molecule is Cn1c(CCC(N)=O)nnc1Sc1ncnc2scc(-c3ccc(Cl)cc3)c12. The van der Waals surface area contributed by atoms with Crippen LogP contribution in [0, 0.1) is 0 Å². The molecule has 0 saturated carbocycles. The fourth-order valence-electron chi connectivity index (χ4n) is 2.74. The summed E-state index contributed by atoms with van der Waals surface area (Å²) in [6.45, 7) is 0. The van der Waals surface area contributed by atoms with Gasteiger partial charge in [0, 0.05) is 35.9 Å². The zero-order valence-corrected chi connectivity index (χ0v) is 17.2. The molecule has 0 spiro atoms. The molecule has 142 valence electrons. The Labute approximate surface area is 174 Å². The maximum Gasteiger partial charge on any atom is 0.217 e. The van der Waals surface area contributed by atoms with Crippen LogP contribution in [0.1, 0.15) is 12.2 Å².